The van der Waals surface area contributed by atoms with Gasteiger partial charge in [0, 0.05) is 93.3 Å². The van der Waals surface area contributed by atoms with Crippen molar-refractivity contribution in [2.75, 3.05) is 71.9 Å². The number of methoxy groups -OCH3 is 1. The number of allylic oxidation sites excluding steroid dienone is 2. The fourth-order valence-electron chi connectivity index (χ4n) is 9.10. The number of pyridine rings is 2. The van der Waals surface area contributed by atoms with Gasteiger partial charge >= 0.3 is 0 Å². The van der Waals surface area contributed by atoms with Gasteiger partial charge in [-0.15, -0.1) is 0 Å². The van der Waals surface area contributed by atoms with Gasteiger partial charge in [-0.3, -0.25) is 14.5 Å². The lowest BCUT2D eigenvalue weighted by Crippen LogP contribution is -2.49. The van der Waals surface area contributed by atoms with Crippen LogP contribution in [-0.2, 0) is 34.0 Å². The van der Waals surface area contributed by atoms with E-state index in [2.05, 4.69) is 57.2 Å². The highest BCUT2D eigenvalue weighted by atomic mass is 16.5. The summed E-state index contributed by atoms with van der Waals surface area (Å²) in [7, 11) is 5.64. The summed E-state index contributed by atoms with van der Waals surface area (Å²) in [4.78, 5) is 52.3. The lowest BCUT2D eigenvalue weighted by Gasteiger charge is -2.40. The number of nitrogens with one attached hydrogen (secondary N) is 1. The molecule has 1 atom stereocenters. The highest BCUT2D eigenvalue weighted by Crippen LogP contribution is 2.37. The van der Waals surface area contributed by atoms with Crippen LogP contribution in [0.15, 0.2) is 52.7 Å². The van der Waals surface area contributed by atoms with Crippen LogP contribution in [-0.4, -0.2) is 115 Å². The molecule has 6 N–H and O–H groups in total. The van der Waals surface area contributed by atoms with Gasteiger partial charge in [0.1, 0.15) is 6.10 Å². The van der Waals surface area contributed by atoms with E-state index < -0.39 is 6.10 Å². The first kappa shape index (κ1) is 40.4. The van der Waals surface area contributed by atoms with Crippen molar-refractivity contribution < 1.29 is 19.4 Å². The third-order valence-corrected chi connectivity index (χ3v) is 12.2. The van der Waals surface area contributed by atoms with Crippen molar-refractivity contribution >= 4 is 28.8 Å². The molecule has 14 heteroatoms. The normalized spacial score (nSPS) is 19.2. The first-order chi connectivity index (χ1) is 27.5. The number of rotatable bonds is 13. The molecular weight excluding hydrogens is 723 g/mol. The summed E-state index contributed by atoms with van der Waals surface area (Å²) < 4.78 is 6.94. The van der Waals surface area contributed by atoms with Crippen molar-refractivity contribution in [3.63, 3.8) is 0 Å². The number of likely N-dealkylation sites (tertiary alicyclic amines) is 1. The minimum Gasteiger partial charge on any atom is -0.394 e. The third kappa shape index (κ3) is 8.89. The van der Waals surface area contributed by atoms with Gasteiger partial charge in [-0.25, -0.2) is 4.98 Å². The van der Waals surface area contributed by atoms with Crippen LogP contribution < -0.4 is 27.2 Å². The SMILES string of the molecule is COCc1c(C(O)C=O)cc2n(c1=O)Cc1cc3c(CN(C)C)c(N4CCN(CC5CCN(/C(N)=C/C=C(\N)C(=O)NC6CCCCC6)CC5)CC4)ccc3nc1-2. The minimum atomic E-state index is -1.42. The van der Waals surface area contributed by atoms with Crippen LogP contribution in [0.1, 0.15) is 73.3 Å². The number of ether oxygens (including phenoxy) is 1. The lowest BCUT2D eigenvalue weighted by atomic mass is 9.95. The predicted molar refractivity (Wildman–Crippen MR) is 222 cm³/mol. The van der Waals surface area contributed by atoms with E-state index in [1.165, 1.54) is 24.8 Å². The zero-order valence-electron chi connectivity index (χ0n) is 33.7. The Kier molecular flexibility index (Phi) is 12.6. The van der Waals surface area contributed by atoms with Crippen LogP contribution in [0.2, 0.25) is 0 Å². The predicted octanol–water partition coefficient (Wildman–Crippen LogP) is 2.79. The molecule has 2 aromatic heterocycles. The maximum absolute atomic E-state index is 13.6. The summed E-state index contributed by atoms with van der Waals surface area (Å²) in [5, 5.41) is 14.6. The van der Waals surface area contributed by atoms with Gasteiger partial charge in [0.15, 0.2) is 6.29 Å². The van der Waals surface area contributed by atoms with E-state index in [0.29, 0.717) is 36.0 Å². The molecule has 1 saturated carbocycles. The number of nitrogens with two attached hydrogens (primary N) is 2. The summed E-state index contributed by atoms with van der Waals surface area (Å²) in [6.07, 6.45) is 10.1. The first-order valence-electron chi connectivity index (χ1n) is 20.5. The Bertz CT molecular complexity index is 2070. The quantitative estimate of drug-likeness (QED) is 0.0889. The number of hydrogen-bond donors (Lipinski definition) is 4. The number of nitrogens with zero attached hydrogens (tertiary/aromatic N) is 6. The van der Waals surface area contributed by atoms with Gasteiger partial charge in [0.2, 0.25) is 0 Å². The summed E-state index contributed by atoms with van der Waals surface area (Å²) in [6.45, 7) is 7.73. The molecule has 1 unspecified atom stereocenters. The van der Waals surface area contributed by atoms with Crippen LogP contribution in [0.3, 0.4) is 0 Å². The molecule has 57 heavy (non-hydrogen) atoms. The van der Waals surface area contributed by atoms with Crippen LogP contribution in [0, 0.1) is 5.92 Å². The van der Waals surface area contributed by atoms with E-state index in [-0.39, 0.29) is 40.9 Å². The van der Waals surface area contributed by atoms with E-state index in [0.717, 1.165) is 107 Å². The van der Waals surface area contributed by atoms with Crippen molar-refractivity contribution in [2.24, 2.45) is 17.4 Å². The topological polar surface area (TPSA) is 176 Å². The van der Waals surface area contributed by atoms with Crippen molar-refractivity contribution in [1.29, 1.82) is 0 Å². The maximum atomic E-state index is 13.6. The van der Waals surface area contributed by atoms with E-state index in [1.807, 2.05) is 0 Å². The fraction of sp³-hybridized carbons (Fsp3) is 0.535. The molecule has 1 amide bonds. The standard InChI is InChI=1S/C43H59N9O5/c1-48(2)25-33-31-21-29-24-52-38(22-32(39(54)26-53)34(27-57-3)43(52)56)41(29)47-36(31)10-11-37(33)50-19-17-49(18-20-50)23-28-13-15-51(16-14-28)40(45)12-9-35(44)42(55)46-30-7-5-4-6-8-30/h9-12,21-22,26,28,30,39,54H,4-8,13-20,23-25,27,44-45H2,1-3H3,(H,46,55)/b35-9-,40-12+. The van der Waals surface area contributed by atoms with Crippen molar-refractivity contribution in [1.82, 2.24) is 29.6 Å². The molecule has 5 heterocycles. The van der Waals surface area contributed by atoms with Gasteiger partial charge in [-0.2, -0.15) is 0 Å². The first-order valence-corrected chi connectivity index (χ1v) is 20.5. The third-order valence-electron chi connectivity index (χ3n) is 12.2. The minimum absolute atomic E-state index is 0.00156. The lowest BCUT2D eigenvalue weighted by molar-refractivity contribution is -0.118. The van der Waals surface area contributed by atoms with E-state index in [4.69, 9.17) is 21.2 Å². The summed E-state index contributed by atoms with van der Waals surface area (Å²) in [5.41, 5.74) is 18.5. The van der Waals surface area contributed by atoms with Gasteiger partial charge in [-0.05, 0) is 87.7 Å². The zero-order chi connectivity index (χ0) is 40.2. The smallest absolute Gasteiger partial charge is 0.267 e. The second-order valence-corrected chi connectivity index (χ2v) is 16.5. The van der Waals surface area contributed by atoms with Gasteiger partial charge in [0.25, 0.3) is 11.5 Å². The molecule has 1 aliphatic carbocycles. The van der Waals surface area contributed by atoms with Crippen LogP contribution >= 0.6 is 0 Å². The number of carbonyl (C=O) groups is 2. The number of aromatic nitrogens is 2. The van der Waals surface area contributed by atoms with E-state index in [1.54, 1.807) is 22.8 Å². The molecule has 2 saturated heterocycles. The monoisotopic (exact) mass is 781 g/mol. The molecule has 3 aliphatic heterocycles. The van der Waals surface area contributed by atoms with Gasteiger partial charge in [-0.1, -0.05) is 19.3 Å². The number of carbonyl (C=O) groups excluding carboxylic acids is 2. The Labute approximate surface area is 335 Å². The number of amides is 1. The number of piperazine rings is 1. The second-order valence-electron chi connectivity index (χ2n) is 16.5. The Morgan fingerprint density at radius 3 is 2.44 bits per heavy atom. The molecule has 0 spiro atoms. The highest BCUT2D eigenvalue weighted by molar-refractivity contribution is 5.93. The second kappa shape index (κ2) is 17.8. The molecular formula is C43H59N9O5. The Morgan fingerprint density at radius 1 is 1.02 bits per heavy atom. The number of piperidine rings is 1. The van der Waals surface area contributed by atoms with Crippen LogP contribution in [0.25, 0.3) is 22.3 Å². The molecule has 3 aromatic rings. The molecule has 14 nitrogen and oxygen atoms in total. The number of aliphatic hydroxyl groups is 1. The maximum Gasteiger partial charge on any atom is 0.267 e. The zero-order valence-corrected chi connectivity index (χ0v) is 33.7. The van der Waals surface area contributed by atoms with Crippen molar-refractivity contribution in [3.8, 4) is 11.4 Å². The number of aliphatic hydroxyl groups excluding tert-OH is 1. The summed E-state index contributed by atoms with van der Waals surface area (Å²) in [6, 6.07) is 8.35. The van der Waals surface area contributed by atoms with Gasteiger partial charge < -0.3 is 50.7 Å². The molecule has 3 fully saturated rings. The Hall–Kier alpha value is -4.76. The molecule has 4 aliphatic rings. The van der Waals surface area contributed by atoms with E-state index >= 15 is 0 Å². The van der Waals surface area contributed by atoms with Crippen LogP contribution in [0.4, 0.5) is 5.69 Å². The average molecular weight is 782 g/mol. The number of benzene rings is 1. The molecule has 0 radical (unpaired) electrons. The summed E-state index contributed by atoms with van der Waals surface area (Å²) in [5.74, 6) is 1.04. The number of fused-ring (bicyclic) bond motifs is 4. The fourth-order valence-corrected chi connectivity index (χ4v) is 9.10. The van der Waals surface area contributed by atoms with Crippen molar-refractivity contribution in [3.05, 3.63) is 80.5 Å². The molecule has 306 valence electrons. The number of aldehydes is 1. The van der Waals surface area contributed by atoms with E-state index in [9.17, 15) is 19.5 Å². The average Bonchev–Trinajstić information content (AvgIpc) is 3.58. The summed E-state index contributed by atoms with van der Waals surface area (Å²) >= 11 is 0. The Balaban J connectivity index is 0.983. The molecule has 1 aromatic carbocycles. The molecule has 0 bridgehead atoms. The van der Waals surface area contributed by atoms with Crippen molar-refractivity contribution in [2.45, 2.75) is 76.8 Å². The Morgan fingerprint density at radius 2 is 1.75 bits per heavy atom. The van der Waals surface area contributed by atoms with Crippen LogP contribution in [0.5, 0.6) is 0 Å². The van der Waals surface area contributed by atoms with Gasteiger partial charge in [0.05, 0.1) is 41.6 Å². The number of hydrogen-bond acceptors (Lipinski definition) is 12. The molecule has 7 rings (SSSR count). The highest BCUT2D eigenvalue weighted by Gasteiger charge is 2.30. The number of anilines is 1. The largest absolute Gasteiger partial charge is 0.394 e.